The number of fused-ring (bicyclic) bond motifs is 2. The molecule has 0 bridgehead atoms. The van der Waals surface area contributed by atoms with Crippen molar-refractivity contribution in [1.82, 2.24) is 0 Å². The van der Waals surface area contributed by atoms with Crippen LogP contribution in [0.2, 0.25) is 0 Å². The van der Waals surface area contributed by atoms with Crippen LogP contribution >= 0.6 is 0 Å². The number of aryl methyl sites for hydroxylation is 2. The Morgan fingerprint density at radius 2 is 0.854 bits per heavy atom. The number of nitrogens with zero attached hydrogens (tertiary/aromatic N) is 4. The minimum absolute atomic E-state index is 0.108. The number of nitrogen functional groups attached to an aromatic ring is 1. The number of hydrogen-bond donors (Lipinski definition) is 1. The number of carbonyl (C=O) groups is 2. The first-order valence-corrected chi connectivity index (χ1v) is 13.0. The van der Waals surface area contributed by atoms with Crippen LogP contribution in [0.3, 0.4) is 0 Å². The summed E-state index contributed by atoms with van der Waals surface area (Å²) >= 11 is 0. The predicted molar refractivity (Wildman–Crippen MR) is 161 cm³/mol. The minimum atomic E-state index is -0.132. The highest BCUT2D eigenvalue weighted by molar-refractivity contribution is 6.28. The van der Waals surface area contributed by atoms with Crippen LogP contribution in [-0.2, 0) is 0 Å². The van der Waals surface area contributed by atoms with Crippen LogP contribution in [0.1, 0.15) is 43.0 Å². The number of azo groups is 2. The highest BCUT2D eigenvalue weighted by Gasteiger charge is 2.29. The topological polar surface area (TPSA) is 110 Å². The van der Waals surface area contributed by atoms with E-state index in [2.05, 4.69) is 20.5 Å². The first-order chi connectivity index (χ1) is 19.9. The summed E-state index contributed by atoms with van der Waals surface area (Å²) in [6.45, 7) is 3.87. The van der Waals surface area contributed by atoms with Crippen molar-refractivity contribution in [1.29, 1.82) is 0 Å². The lowest BCUT2D eigenvalue weighted by molar-refractivity contribution is 0.0979. The number of ketones is 2. The second-order valence-electron chi connectivity index (χ2n) is 9.55. The van der Waals surface area contributed by atoms with Gasteiger partial charge in [-0.2, -0.15) is 20.5 Å². The fraction of sp³-hybridized carbons (Fsp3) is 0.0588. The summed E-state index contributed by atoms with van der Waals surface area (Å²) in [6, 6.07) is 35.2. The average Bonchev–Trinajstić information content (AvgIpc) is 3.01. The van der Waals surface area contributed by atoms with Gasteiger partial charge in [-0.15, -0.1) is 0 Å². The Bertz CT molecular complexity index is 1720. The van der Waals surface area contributed by atoms with Gasteiger partial charge >= 0.3 is 0 Å². The van der Waals surface area contributed by atoms with Crippen LogP contribution < -0.4 is 5.73 Å². The monoisotopic (exact) mass is 537 g/mol. The van der Waals surface area contributed by atoms with Crippen LogP contribution in [-0.4, -0.2) is 11.6 Å². The molecule has 41 heavy (non-hydrogen) atoms. The zero-order valence-corrected chi connectivity index (χ0v) is 22.7. The zero-order valence-electron chi connectivity index (χ0n) is 22.7. The third-order valence-electron chi connectivity index (χ3n) is 6.51. The molecule has 6 rings (SSSR count). The molecular weight excluding hydrogens is 510 g/mol. The molecule has 7 heteroatoms. The third kappa shape index (κ3) is 6.37. The Morgan fingerprint density at radius 1 is 0.463 bits per heavy atom. The maximum absolute atomic E-state index is 12.3. The number of carbonyl (C=O) groups excluding carboxylic acids is 2. The van der Waals surface area contributed by atoms with Gasteiger partial charge in [0.25, 0.3) is 0 Å². The Hall–Kier alpha value is -5.56. The van der Waals surface area contributed by atoms with Crippen molar-refractivity contribution >= 4 is 40.0 Å². The van der Waals surface area contributed by atoms with E-state index in [1.165, 1.54) is 5.56 Å². The molecule has 1 aliphatic rings. The summed E-state index contributed by atoms with van der Waals surface area (Å²) in [7, 11) is 0. The van der Waals surface area contributed by atoms with Gasteiger partial charge < -0.3 is 5.73 Å². The van der Waals surface area contributed by atoms with Crippen molar-refractivity contribution in [3.05, 3.63) is 149 Å². The van der Waals surface area contributed by atoms with E-state index in [1.54, 1.807) is 36.4 Å². The number of benzene rings is 5. The number of nitrogens with two attached hydrogens (primary N) is 1. The molecule has 0 heterocycles. The molecule has 0 saturated heterocycles. The van der Waals surface area contributed by atoms with E-state index in [0.29, 0.717) is 27.9 Å². The number of hydrogen-bond acceptors (Lipinski definition) is 7. The minimum Gasteiger partial charge on any atom is -0.398 e. The largest absolute Gasteiger partial charge is 0.398 e. The molecule has 2 N–H and O–H groups in total. The lowest BCUT2D eigenvalue weighted by Gasteiger charge is -2.18. The van der Waals surface area contributed by atoms with E-state index >= 15 is 0 Å². The van der Waals surface area contributed by atoms with Gasteiger partial charge in [-0.05, 0) is 80.1 Å². The van der Waals surface area contributed by atoms with Crippen molar-refractivity contribution in [2.75, 3.05) is 5.73 Å². The third-order valence-corrected chi connectivity index (χ3v) is 6.51. The maximum Gasteiger partial charge on any atom is 0.194 e. The van der Waals surface area contributed by atoms with Crippen LogP contribution in [0.15, 0.2) is 136 Å². The summed E-state index contributed by atoms with van der Waals surface area (Å²) in [6.07, 6.45) is 0. The maximum atomic E-state index is 12.3. The fourth-order valence-corrected chi connectivity index (χ4v) is 4.19. The smallest absolute Gasteiger partial charge is 0.194 e. The van der Waals surface area contributed by atoms with Gasteiger partial charge in [0.1, 0.15) is 0 Å². The summed E-state index contributed by atoms with van der Waals surface area (Å²) < 4.78 is 0. The normalized spacial score (nSPS) is 12.1. The number of rotatable bonds is 4. The summed E-state index contributed by atoms with van der Waals surface area (Å²) in [5.41, 5.74) is 13.4. The molecule has 1 aliphatic carbocycles. The molecule has 200 valence electrons. The molecule has 0 aliphatic heterocycles. The molecule has 5 aromatic rings. The molecule has 0 saturated carbocycles. The Morgan fingerprint density at radius 3 is 1.34 bits per heavy atom. The highest BCUT2D eigenvalue weighted by Crippen LogP contribution is 2.30. The first kappa shape index (κ1) is 27.0. The van der Waals surface area contributed by atoms with Crippen molar-refractivity contribution in [2.45, 2.75) is 13.8 Å². The predicted octanol–water partition coefficient (Wildman–Crippen LogP) is 9.18. The highest BCUT2D eigenvalue weighted by atomic mass is 16.1. The fourth-order valence-electron chi connectivity index (χ4n) is 4.19. The molecule has 0 fully saturated rings. The molecule has 5 aromatic carbocycles. The first-order valence-electron chi connectivity index (χ1n) is 13.0. The summed E-state index contributed by atoms with van der Waals surface area (Å²) in [4.78, 5) is 24.6. The lowest BCUT2D eigenvalue weighted by Crippen LogP contribution is -2.21. The molecule has 0 radical (unpaired) electrons. The van der Waals surface area contributed by atoms with Gasteiger partial charge in [0.15, 0.2) is 11.6 Å². The molecule has 7 nitrogen and oxygen atoms in total. The molecule has 0 amide bonds. The molecule has 0 unspecified atom stereocenters. The van der Waals surface area contributed by atoms with Crippen molar-refractivity contribution in [2.24, 2.45) is 20.5 Å². The van der Waals surface area contributed by atoms with Crippen molar-refractivity contribution in [3.63, 3.8) is 0 Å². The Labute approximate surface area is 238 Å². The van der Waals surface area contributed by atoms with Crippen LogP contribution in [0, 0.1) is 13.8 Å². The Kier molecular flexibility index (Phi) is 7.97. The summed E-state index contributed by atoms with van der Waals surface area (Å²) in [5.74, 6) is -0.241. The van der Waals surface area contributed by atoms with E-state index in [9.17, 15) is 9.59 Å². The average molecular weight is 538 g/mol. The van der Waals surface area contributed by atoms with Crippen LogP contribution in [0.25, 0.3) is 0 Å². The van der Waals surface area contributed by atoms with Crippen LogP contribution in [0.5, 0.6) is 0 Å². The quantitative estimate of drug-likeness (QED) is 0.179. The lowest BCUT2D eigenvalue weighted by atomic mass is 9.83. The van der Waals surface area contributed by atoms with Crippen molar-refractivity contribution in [3.8, 4) is 0 Å². The van der Waals surface area contributed by atoms with Gasteiger partial charge in [-0.1, -0.05) is 60.2 Å². The SMILES string of the molecule is Cc1cc2c(cc1N)C(=O)c1ccccc1C2=O.Cc1ccc(N=Nc2ccc(N=Nc3ccccc3)cc2)cc1. The van der Waals surface area contributed by atoms with Gasteiger partial charge in [0.05, 0.1) is 22.7 Å². The number of anilines is 1. The van der Waals surface area contributed by atoms with Crippen LogP contribution in [0.4, 0.5) is 28.4 Å². The van der Waals surface area contributed by atoms with Gasteiger partial charge in [-0.25, -0.2) is 0 Å². The zero-order chi connectivity index (χ0) is 28.8. The molecule has 0 atom stereocenters. The molecular formula is C34H27N5O2. The van der Waals surface area contributed by atoms with E-state index in [-0.39, 0.29) is 11.6 Å². The summed E-state index contributed by atoms with van der Waals surface area (Å²) in [5, 5.41) is 16.8. The van der Waals surface area contributed by atoms with Gasteiger partial charge in [-0.3, -0.25) is 9.59 Å². The van der Waals surface area contributed by atoms with E-state index in [0.717, 1.165) is 28.3 Å². The van der Waals surface area contributed by atoms with Crippen molar-refractivity contribution < 1.29 is 9.59 Å². The second-order valence-corrected chi connectivity index (χ2v) is 9.55. The molecule has 0 aromatic heterocycles. The van der Waals surface area contributed by atoms with E-state index in [1.807, 2.05) is 92.7 Å². The van der Waals surface area contributed by atoms with Gasteiger partial charge in [0.2, 0.25) is 0 Å². The van der Waals surface area contributed by atoms with Gasteiger partial charge in [0, 0.05) is 27.9 Å². The van der Waals surface area contributed by atoms with E-state index < -0.39 is 0 Å². The second kappa shape index (κ2) is 12.1. The molecule has 0 spiro atoms. The standard InChI is InChI=1S/C19H16N4.C15H11NO2/c1-15-7-9-17(10-8-15)21-23-19-13-11-18(12-14-19)22-20-16-5-3-2-4-6-16;1-8-6-11-12(7-13(8)16)15(18)10-5-3-2-4-9(10)14(11)17/h2-14H,1H3;2-7H,16H2,1H3. The Balaban J connectivity index is 0.000000169. The van der Waals surface area contributed by atoms with E-state index in [4.69, 9.17) is 5.73 Å².